The number of hydrogen-bond acceptors (Lipinski definition) is 8. The molecule has 13 heteroatoms. The molecular weight excluding hydrogens is 633 g/mol. The standard InChI is InChI=1S/C30H23Cl2N3O6S2/c1-40-17-10-6-15(7-11-17)33-21(36)14-34-29-26(43-30(34)39)22(19-4-3-5-20(31)24(19)32)23-25(42-29)28(38)35(27(23)37)16-8-12-18(41-2)13-9-16/h3-13,22-23,25H,14H2,1-2H3,(H,33,36)/t22-,23?,25?/m1/s1. The van der Waals surface area contributed by atoms with Crippen molar-refractivity contribution in [2.45, 2.75) is 22.7 Å². The highest BCUT2D eigenvalue weighted by Crippen LogP contribution is 2.55. The lowest BCUT2D eigenvalue weighted by Gasteiger charge is -2.31. The molecule has 2 aliphatic heterocycles. The fourth-order valence-corrected chi connectivity index (χ4v) is 8.54. The van der Waals surface area contributed by atoms with Crippen molar-refractivity contribution in [3.8, 4) is 11.5 Å². The van der Waals surface area contributed by atoms with Gasteiger partial charge in [-0.05, 0) is 60.2 Å². The Morgan fingerprint density at radius 1 is 0.907 bits per heavy atom. The third kappa shape index (κ3) is 5.20. The van der Waals surface area contributed by atoms with Gasteiger partial charge in [0.2, 0.25) is 17.7 Å². The third-order valence-corrected chi connectivity index (χ3v) is 10.8. The van der Waals surface area contributed by atoms with Crippen molar-refractivity contribution in [1.29, 1.82) is 0 Å². The van der Waals surface area contributed by atoms with Crippen LogP contribution in [0.5, 0.6) is 11.5 Å². The molecule has 1 saturated heterocycles. The number of imide groups is 1. The summed E-state index contributed by atoms with van der Waals surface area (Å²) in [4.78, 5) is 55.7. The minimum Gasteiger partial charge on any atom is -0.497 e. The molecule has 0 radical (unpaired) electrons. The average Bonchev–Trinajstić information content (AvgIpc) is 3.45. The molecule has 0 aliphatic carbocycles. The molecule has 3 atom stereocenters. The highest BCUT2D eigenvalue weighted by molar-refractivity contribution is 8.00. The summed E-state index contributed by atoms with van der Waals surface area (Å²) < 4.78 is 11.7. The quantitative estimate of drug-likeness (QED) is 0.256. The maximum absolute atomic E-state index is 14.0. The van der Waals surface area contributed by atoms with Crippen molar-refractivity contribution in [3.63, 3.8) is 0 Å². The van der Waals surface area contributed by atoms with Gasteiger partial charge in [-0.3, -0.25) is 23.7 Å². The lowest BCUT2D eigenvalue weighted by molar-refractivity contribution is -0.122. The van der Waals surface area contributed by atoms with Crippen LogP contribution < -0.4 is 24.6 Å². The van der Waals surface area contributed by atoms with Crippen molar-refractivity contribution in [2.75, 3.05) is 24.4 Å². The zero-order valence-electron chi connectivity index (χ0n) is 22.7. The number of carbonyl (C=O) groups excluding carboxylic acids is 3. The van der Waals surface area contributed by atoms with Crippen LogP contribution in [0.4, 0.5) is 11.4 Å². The summed E-state index contributed by atoms with van der Waals surface area (Å²) in [5.74, 6) is -1.65. The zero-order chi connectivity index (χ0) is 30.4. The summed E-state index contributed by atoms with van der Waals surface area (Å²) in [6.07, 6.45) is 0. The number of thioether (sulfide) groups is 1. The Balaban J connectivity index is 1.40. The second-order valence-electron chi connectivity index (χ2n) is 9.80. The van der Waals surface area contributed by atoms with Gasteiger partial charge in [0.15, 0.2) is 0 Å². The van der Waals surface area contributed by atoms with E-state index in [2.05, 4.69) is 5.32 Å². The molecule has 9 nitrogen and oxygen atoms in total. The lowest BCUT2D eigenvalue weighted by Crippen LogP contribution is -2.33. The summed E-state index contributed by atoms with van der Waals surface area (Å²) in [6, 6.07) is 18.5. The molecule has 0 spiro atoms. The fourth-order valence-electron chi connectivity index (χ4n) is 5.36. The molecule has 3 aromatic carbocycles. The minimum atomic E-state index is -0.868. The lowest BCUT2D eigenvalue weighted by atomic mass is 9.83. The predicted octanol–water partition coefficient (Wildman–Crippen LogP) is 5.67. The number of hydrogen-bond donors (Lipinski definition) is 1. The summed E-state index contributed by atoms with van der Waals surface area (Å²) in [6.45, 7) is -0.290. The van der Waals surface area contributed by atoms with Crippen molar-refractivity contribution < 1.29 is 23.9 Å². The molecule has 3 heterocycles. The van der Waals surface area contributed by atoms with E-state index in [4.69, 9.17) is 32.7 Å². The van der Waals surface area contributed by atoms with Crippen LogP contribution in [-0.2, 0) is 20.9 Å². The van der Waals surface area contributed by atoms with Crippen molar-refractivity contribution >= 4 is 75.4 Å². The van der Waals surface area contributed by atoms with Crippen LogP contribution in [0.15, 0.2) is 76.6 Å². The number of anilines is 2. The molecule has 3 amide bonds. The summed E-state index contributed by atoms with van der Waals surface area (Å²) >= 11 is 15.1. The maximum Gasteiger partial charge on any atom is 0.308 e. The van der Waals surface area contributed by atoms with E-state index in [9.17, 15) is 19.2 Å². The topological polar surface area (TPSA) is 107 Å². The summed E-state index contributed by atoms with van der Waals surface area (Å²) in [5, 5.41) is 2.88. The normalized spacial score (nSPS) is 19.2. The van der Waals surface area contributed by atoms with Gasteiger partial charge in [-0.15, -0.1) is 0 Å². The van der Waals surface area contributed by atoms with Crippen LogP contribution in [0.1, 0.15) is 16.4 Å². The van der Waals surface area contributed by atoms with E-state index < -0.39 is 39.7 Å². The number of methoxy groups -OCH3 is 2. The van der Waals surface area contributed by atoms with Gasteiger partial charge in [-0.2, -0.15) is 0 Å². The van der Waals surface area contributed by atoms with Gasteiger partial charge < -0.3 is 14.8 Å². The van der Waals surface area contributed by atoms with E-state index in [0.29, 0.717) is 38.3 Å². The largest absolute Gasteiger partial charge is 0.497 e. The number of rotatable bonds is 7. The van der Waals surface area contributed by atoms with Crippen LogP contribution >= 0.6 is 46.3 Å². The highest BCUT2D eigenvalue weighted by Gasteiger charge is 2.57. The average molecular weight is 657 g/mol. The number of nitrogens with zero attached hydrogens (tertiary/aromatic N) is 2. The number of fused-ring (bicyclic) bond motifs is 2. The van der Waals surface area contributed by atoms with E-state index in [0.717, 1.165) is 23.1 Å². The Labute approximate surface area is 264 Å². The number of carbonyl (C=O) groups is 3. The van der Waals surface area contributed by atoms with Gasteiger partial charge in [0.05, 0.1) is 40.9 Å². The van der Waals surface area contributed by atoms with Gasteiger partial charge in [-0.25, -0.2) is 4.90 Å². The number of nitrogens with one attached hydrogen (secondary N) is 1. The van der Waals surface area contributed by atoms with Crippen molar-refractivity contribution in [2.24, 2.45) is 5.92 Å². The van der Waals surface area contributed by atoms with Crippen LogP contribution in [0.2, 0.25) is 10.0 Å². The Bertz CT molecular complexity index is 1810. The van der Waals surface area contributed by atoms with E-state index in [1.807, 2.05) is 0 Å². The molecule has 220 valence electrons. The first-order valence-electron chi connectivity index (χ1n) is 13.0. The van der Waals surface area contributed by atoms with E-state index in [-0.39, 0.29) is 16.6 Å². The molecule has 1 aromatic heterocycles. The van der Waals surface area contributed by atoms with E-state index >= 15 is 0 Å². The Morgan fingerprint density at radius 2 is 1.56 bits per heavy atom. The Kier molecular flexibility index (Phi) is 7.99. The van der Waals surface area contributed by atoms with Crippen LogP contribution in [-0.4, -0.2) is 41.8 Å². The van der Waals surface area contributed by atoms with Crippen LogP contribution in [0.3, 0.4) is 0 Å². The number of benzene rings is 3. The number of amides is 3. The predicted molar refractivity (Wildman–Crippen MR) is 167 cm³/mol. The molecule has 2 aliphatic rings. The van der Waals surface area contributed by atoms with Crippen molar-refractivity contribution in [3.05, 3.63) is 96.9 Å². The minimum absolute atomic E-state index is 0.235. The van der Waals surface area contributed by atoms with E-state index in [1.54, 1.807) is 73.8 Å². The van der Waals surface area contributed by atoms with Gasteiger partial charge in [0, 0.05) is 16.5 Å². The van der Waals surface area contributed by atoms with E-state index in [1.165, 1.54) is 16.6 Å². The summed E-state index contributed by atoms with van der Waals surface area (Å²) in [5.41, 5.74) is 1.46. The highest BCUT2D eigenvalue weighted by atomic mass is 35.5. The molecule has 0 bridgehead atoms. The fraction of sp³-hybridized carbons (Fsp3) is 0.200. The smallest absolute Gasteiger partial charge is 0.308 e. The molecule has 0 saturated carbocycles. The third-order valence-electron chi connectivity index (χ3n) is 7.37. The second kappa shape index (κ2) is 11.7. The first-order chi connectivity index (χ1) is 20.7. The SMILES string of the molecule is COc1ccc(NC(=O)Cn2c3c(sc2=O)[C@H](c2cccc(Cl)c2Cl)C2C(=O)N(c4ccc(OC)cc4)C(=O)C2S3)cc1. The van der Waals surface area contributed by atoms with Gasteiger partial charge in [-0.1, -0.05) is 58.4 Å². The first-order valence-corrected chi connectivity index (χ1v) is 15.5. The second-order valence-corrected chi connectivity index (χ2v) is 12.7. The zero-order valence-corrected chi connectivity index (χ0v) is 25.9. The Morgan fingerprint density at radius 3 is 2.21 bits per heavy atom. The number of halogens is 2. The maximum atomic E-state index is 14.0. The van der Waals surface area contributed by atoms with Crippen LogP contribution in [0, 0.1) is 5.92 Å². The Hall–Kier alpha value is -3.77. The number of thiazole rings is 1. The molecule has 6 rings (SSSR count). The molecular formula is C30H23Cl2N3O6S2. The van der Waals surface area contributed by atoms with Gasteiger partial charge in [0.1, 0.15) is 23.3 Å². The monoisotopic (exact) mass is 655 g/mol. The summed E-state index contributed by atoms with van der Waals surface area (Å²) in [7, 11) is 3.07. The molecule has 1 fully saturated rings. The molecule has 43 heavy (non-hydrogen) atoms. The number of ether oxygens (including phenoxy) is 2. The molecule has 2 unspecified atom stereocenters. The first kappa shape index (κ1) is 29.3. The van der Waals surface area contributed by atoms with Gasteiger partial charge in [0.25, 0.3) is 0 Å². The molecule has 4 aromatic rings. The molecule has 1 N–H and O–H groups in total. The number of aromatic nitrogens is 1. The van der Waals surface area contributed by atoms with Crippen molar-refractivity contribution in [1.82, 2.24) is 4.57 Å². The van der Waals surface area contributed by atoms with Gasteiger partial charge >= 0.3 is 4.87 Å². The van der Waals surface area contributed by atoms with Crippen LogP contribution in [0.25, 0.3) is 0 Å².